The molecular formula is C10H19N. The van der Waals surface area contributed by atoms with Crippen LogP contribution < -0.4 is 5.32 Å². The smallest absolute Gasteiger partial charge is 0.00684 e. The third-order valence-corrected chi connectivity index (χ3v) is 3.11. The highest BCUT2D eigenvalue weighted by atomic mass is 15.0. The first-order chi connectivity index (χ1) is 5.18. The van der Waals surface area contributed by atoms with Gasteiger partial charge in [-0.2, -0.15) is 0 Å². The van der Waals surface area contributed by atoms with Gasteiger partial charge in [-0.15, -0.1) is 0 Å². The number of rotatable bonds is 4. The lowest BCUT2D eigenvalue weighted by molar-refractivity contribution is 0.290. The van der Waals surface area contributed by atoms with Gasteiger partial charge in [-0.3, -0.25) is 0 Å². The van der Waals surface area contributed by atoms with Crippen LogP contribution in [-0.4, -0.2) is 12.6 Å². The molecule has 0 bridgehead atoms. The Hall–Kier alpha value is -0.0400. The minimum Gasteiger partial charge on any atom is -0.313 e. The summed E-state index contributed by atoms with van der Waals surface area (Å²) in [5, 5.41) is 3.62. The van der Waals surface area contributed by atoms with Crippen molar-refractivity contribution < 1.29 is 0 Å². The number of hydrogen-bond donors (Lipinski definition) is 1. The van der Waals surface area contributed by atoms with E-state index in [1.807, 2.05) is 0 Å². The van der Waals surface area contributed by atoms with E-state index in [9.17, 15) is 0 Å². The van der Waals surface area contributed by atoms with E-state index in [1.54, 1.807) is 0 Å². The Labute approximate surface area is 69.6 Å². The Balaban J connectivity index is 1.72. The summed E-state index contributed by atoms with van der Waals surface area (Å²) in [6, 6.07) is 0.882. The van der Waals surface area contributed by atoms with Gasteiger partial charge in [0.05, 0.1) is 0 Å². The lowest BCUT2D eigenvalue weighted by Crippen LogP contribution is -2.32. The van der Waals surface area contributed by atoms with Gasteiger partial charge in [0.2, 0.25) is 0 Å². The lowest BCUT2D eigenvalue weighted by Gasteiger charge is -2.24. The summed E-state index contributed by atoms with van der Waals surface area (Å²) in [6.45, 7) is 6.04. The average molecular weight is 153 g/mol. The molecule has 0 aromatic carbocycles. The van der Waals surface area contributed by atoms with Gasteiger partial charge in [-0.1, -0.05) is 13.8 Å². The van der Waals surface area contributed by atoms with Gasteiger partial charge < -0.3 is 5.32 Å². The zero-order valence-corrected chi connectivity index (χ0v) is 7.69. The Morgan fingerprint density at radius 2 is 1.82 bits per heavy atom. The van der Waals surface area contributed by atoms with E-state index >= 15 is 0 Å². The molecule has 0 saturated heterocycles. The fraction of sp³-hybridized carbons (Fsp3) is 1.00. The maximum Gasteiger partial charge on any atom is 0.00684 e. The van der Waals surface area contributed by atoms with Crippen LogP contribution in [0.15, 0.2) is 0 Å². The van der Waals surface area contributed by atoms with Crippen molar-refractivity contribution in [3.05, 3.63) is 0 Å². The quantitative estimate of drug-likeness (QED) is 0.652. The molecule has 2 aliphatic rings. The van der Waals surface area contributed by atoms with Crippen LogP contribution in [0.25, 0.3) is 0 Å². The van der Waals surface area contributed by atoms with Crippen LogP contribution in [0.2, 0.25) is 0 Å². The van der Waals surface area contributed by atoms with Crippen molar-refractivity contribution in [3.8, 4) is 0 Å². The van der Waals surface area contributed by atoms with Gasteiger partial charge in [0, 0.05) is 12.6 Å². The topological polar surface area (TPSA) is 12.0 Å². The van der Waals surface area contributed by atoms with Crippen molar-refractivity contribution in [3.63, 3.8) is 0 Å². The van der Waals surface area contributed by atoms with Crippen molar-refractivity contribution in [2.24, 2.45) is 11.3 Å². The molecule has 0 aromatic rings. The van der Waals surface area contributed by atoms with Gasteiger partial charge in [0.15, 0.2) is 0 Å². The molecule has 0 aliphatic heterocycles. The second-order valence-corrected chi connectivity index (χ2v) is 4.92. The average Bonchev–Trinajstić information content (AvgIpc) is 2.79. The highest BCUT2D eigenvalue weighted by Crippen LogP contribution is 2.44. The Morgan fingerprint density at radius 1 is 1.18 bits per heavy atom. The monoisotopic (exact) mass is 153 g/mol. The first-order valence-corrected chi connectivity index (χ1v) is 4.92. The molecule has 2 fully saturated rings. The van der Waals surface area contributed by atoms with Crippen LogP contribution in [0.5, 0.6) is 0 Å². The second kappa shape index (κ2) is 2.48. The maximum absolute atomic E-state index is 3.62. The van der Waals surface area contributed by atoms with Gasteiger partial charge in [0.1, 0.15) is 0 Å². The van der Waals surface area contributed by atoms with E-state index in [2.05, 4.69) is 19.2 Å². The molecule has 1 N–H and O–H groups in total. The van der Waals surface area contributed by atoms with Crippen molar-refractivity contribution >= 4 is 0 Å². The number of hydrogen-bond acceptors (Lipinski definition) is 1. The van der Waals surface area contributed by atoms with E-state index < -0.39 is 0 Å². The molecule has 1 heteroatoms. The van der Waals surface area contributed by atoms with Crippen LogP contribution in [0.3, 0.4) is 0 Å². The normalized spacial score (nSPS) is 25.6. The third kappa shape index (κ3) is 1.96. The molecule has 0 unspecified atom stereocenters. The van der Waals surface area contributed by atoms with Crippen LogP contribution in [0, 0.1) is 11.3 Å². The van der Waals surface area contributed by atoms with E-state index in [0.717, 1.165) is 12.0 Å². The molecule has 0 radical (unpaired) electrons. The molecule has 0 amide bonds. The van der Waals surface area contributed by atoms with Crippen molar-refractivity contribution in [2.75, 3.05) is 6.54 Å². The summed E-state index contributed by atoms with van der Waals surface area (Å²) in [4.78, 5) is 0. The predicted molar refractivity (Wildman–Crippen MR) is 47.5 cm³/mol. The summed E-state index contributed by atoms with van der Waals surface area (Å²) in [5.74, 6) is 1.02. The first-order valence-electron chi connectivity index (χ1n) is 4.92. The third-order valence-electron chi connectivity index (χ3n) is 3.11. The summed E-state index contributed by atoms with van der Waals surface area (Å²) < 4.78 is 0. The second-order valence-electron chi connectivity index (χ2n) is 4.92. The zero-order valence-electron chi connectivity index (χ0n) is 7.69. The van der Waals surface area contributed by atoms with Gasteiger partial charge in [-0.25, -0.2) is 0 Å². The van der Waals surface area contributed by atoms with Gasteiger partial charge in [0.25, 0.3) is 0 Å². The standard InChI is InChI=1S/C10H19N/c1-10(2,8-3-4-8)7-11-9-5-6-9/h8-9,11H,3-7H2,1-2H3. The molecule has 2 saturated carbocycles. The Morgan fingerprint density at radius 3 is 2.27 bits per heavy atom. The van der Waals surface area contributed by atoms with Crippen molar-refractivity contribution in [1.29, 1.82) is 0 Å². The van der Waals surface area contributed by atoms with Gasteiger partial charge in [-0.05, 0) is 37.0 Å². The maximum atomic E-state index is 3.62. The van der Waals surface area contributed by atoms with Gasteiger partial charge >= 0.3 is 0 Å². The zero-order chi connectivity index (χ0) is 7.90. The Kier molecular flexibility index (Phi) is 1.71. The lowest BCUT2D eigenvalue weighted by atomic mass is 9.87. The summed E-state index contributed by atoms with van der Waals surface area (Å²) in [5.41, 5.74) is 0.572. The highest BCUT2D eigenvalue weighted by Gasteiger charge is 2.38. The number of nitrogens with one attached hydrogen (secondary N) is 1. The summed E-state index contributed by atoms with van der Waals surface area (Å²) >= 11 is 0. The van der Waals surface area contributed by atoms with E-state index in [4.69, 9.17) is 0 Å². The summed E-state index contributed by atoms with van der Waals surface area (Å²) in [7, 11) is 0. The fourth-order valence-corrected chi connectivity index (χ4v) is 1.70. The molecule has 0 aromatic heterocycles. The van der Waals surface area contributed by atoms with Crippen LogP contribution >= 0.6 is 0 Å². The highest BCUT2D eigenvalue weighted by molar-refractivity contribution is 4.91. The van der Waals surface area contributed by atoms with Crippen LogP contribution in [0.4, 0.5) is 0 Å². The van der Waals surface area contributed by atoms with E-state index in [0.29, 0.717) is 5.41 Å². The molecule has 0 heterocycles. The molecule has 2 rings (SSSR count). The molecule has 0 spiro atoms. The molecule has 2 aliphatic carbocycles. The minimum atomic E-state index is 0.572. The van der Waals surface area contributed by atoms with E-state index in [-0.39, 0.29) is 0 Å². The van der Waals surface area contributed by atoms with E-state index in [1.165, 1.54) is 32.2 Å². The molecule has 0 atom stereocenters. The largest absolute Gasteiger partial charge is 0.313 e. The van der Waals surface area contributed by atoms with Crippen molar-refractivity contribution in [2.45, 2.75) is 45.6 Å². The minimum absolute atomic E-state index is 0.572. The van der Waals surface area contributed by atoms with Crippen LogP contribution in [-0.2, 0) is 0 Å². The SMILES string of the molecule is CC(C)(CNC1CC1)C1CC1. The molecule has 11 heavy (non-hydrogen) atoms. The molecular weight excluding hydrogens is 134 g/mol. The fourth-order valence-electron chi connectivity index (χ4n) is 1.70. The van der Waals surface area contributed by atoms with Crippen molar-refractivity contribution in [1.82, 2.24) is 5.32 Å². The Bertz CT molecular complexity index is 143. The first kappa shape index (κ1) is 7.60. The predicted octanol–water partition coefficient (Wildman–Crippen LogP) is 2.17. The summed E-state index contributed by atoms with van der Waals surface area (Å²) in [6.07, 6.45) is 5.78. The molecule has 64 valence electrons. The van der Waals surface area contributed by atoms with Crippen LogP contribution in [0.1, 0.15) is 39.5 Å². The molecule has 1 nitrogen and oxygen atoms in total.